The summed E-state index contributed by atoms with van der Waals surface area (Å²) in [6.45, 7) is 7.10. The molecule has 1 N–H and O–H groups in total. The molecule has 1 aromatic heterocycles. The largest absolute Gasteiger partial charge is 0.462 e. The topological polar surface area (TPSA) is 49.8 Å². The average Bonchev–Trinajstić information content (AvgIpc) is 3.24. The van der Waals surface area contributed by atoms with Crippen LogP contribution < -0.4 is 0 Å². The summed E-state index contributed by atoms with van der Waals surface area (Å²) in [6, 6.07) is 3.72. The van der Waals surface area contributed by atoms with Crippen LogP contribution in [0.15, 0.2) is 17.5 Å². The fourth-order valence-electron chi connectivity index (χ4n) is 3.22. The van der Waals surface area contributed by atoms with Crippen LogP contribution >= 0.6 is 11.3 Å². The van der Waals surface area contributed by atoms with E-state index in [1.807, 2.05) is 17.5 Å². The average molecular weight is 325 g/mol. The maximum Gasteiger partial charge on any atom is 0.344 e. The van der Waals surface area contributed by atoms with Crippen LogP contribution in [0.1, 0.15) is 44.4 Å². The normalized spacial score (nSPS) is 18.5. The summed E-state index contributed by atoms with van der Waals surface area (Å²) in [5.41, 5.74) is -1.46. The molecule has 22 heavy (non-hydrogen) atoms. The van der Waals surface area contributed by atoms with Gasteiger partial charge in [-0.25, -0.2) is 4.79 Å². The second-order valence-corrected chi connectivity index (χ2v) is 6.84. The van der Waals surface area contributed by atoms with Crippen molar-refractivity contribution in [1.82, 2.24) is 4.90 Å². The van der Waals surface area contributed by atoms with Gasteiger partial charge in [-0.15, -0.1) is 11.3 Å². The SMILES string of the molecule is CCN(CC)CCOC(=O)[C@@](O)(c1cccs1)C1CCCC1. The maximum atomic E-state index is 12.6. The van der Waals surface area contributed by atoms with Crippen molar-refractivity contribution in [3.8, 4) is 0 Å². The van der Waals surface area contributed by atoms with E-state index in [0.717, 1.165) is 38.8 Å². The second-order valence-electron chi connectivity index (χ2n) is 5.89. The lowest BCUT2D eigenvalue weighted by atomic mass is 9.84. The third-order valence-electron chi connectivity index (χ3n) is 4.69. The summed E-state index contributed by atoms with van der Waals surface area (Å²) in [4.78, 5) is 15.5. The molecule has 0 aliphatic heterocycles. The number of ether oxygens (including phenoxy) is 1. The molecular weight excluding hydrogens is 298 g/mol. The van der Waals surface area contributed by atoms with Gasteiger partial charge < -0.3 is 14.7 Å². The lowest BCUT2D eigenvalue weighted by molar-refractivity contribution is -0.173. The van der Waals surface area contributed by atoms with Crippen molar-refractivity contribution < 1.29 is 14.6 Å². The Kier molecular flexibility index (Phi) is 6.41. The molecule has 1 heterocycles. The standard InChI is InChI=1S/C17H27NO3S/c1-3-18(4-2)11-12-21-16(19)17(20,14-8-5-6-9-14)15-10-7-13-22-15/h7,10,13-14,20H,3-6,8-9,11-12H2,1-2H3/t17-/m0/s1. The van der Waals surface area contributed by atoms with Gasteiger partial charge in [0.15, 0.2) is 5.60 Å². The number of likely N-dealkylation sites (N-methyl/N-ethyl adjacent to an activating group) is 1. The van der Waals surface area contributed by atoms with E-state index in [2.05, 4.69) is 18.7 Å². The molecular formula is C17H27NO3S. The van der Waals surface area contributed by atoms with Gasteiger partial charge in [-0.1, -0.05) is 32.8 Å². The Bertz CT molecular complexity index is 452. The first kappa shape index (κ1) is 17.4. The molecule has 0 radical (unpaired) electrons. The van der Waals surface area contributed by atoms with E-state index in [0.29, 0.717) is 18.0 Å². The molecule has 0 amide bonds. The monoisotopic (exact) mass is 325 g/mol. The molecule has 4 nitrogen and oxygen atoms in total. The van der Waals surface area contributed by atoms with Crippen molar-refractivity contribution in [3.63, 3.8) is 0 Å². The Morgan fingerprint density at radius 3 is 2.64 bits per heavy atom. The molecule has 0 spiro atoms. The van der Waals surface area contributed by atoms with Crippen molar-refractivity contribution in [2.45, 2.75) is 45.1 Å². The van der Waals surface area contributed by atoms with Gasteiger partial charge in [-0.3, -0.25) is 0 Å². The van der Waals surface area contributed by atoms with Gasteiger partial charge in [0.1, 0.15) is 6.61 Å². The highest BCUT2D eigenvalue weighted by Crippen LogP contribution is 2.43. The highest BCUT2D eigenvalue weighted by molar-refractivity contribution is 7.10. The predicted molar refractivity (Wildman–Crippen MR) is 88.9 cm³/mol. The first-order chi connectivity index (χ1) is 10.6. The summed E-state index contributed by atoms with van der Waals surface area (Å²) >= 11 is 1.43. The molecule has 1 fully saturated rings. The van der Waals surface area contributed by atoms with Crippen molar-refractivity contribution in [1.29, 1.82) is 0 Å². The molecule has 124 valence electrons. The first-order valence-electron chi connectivity index (χ1n) is 8.28. The van der Waals surface area contributed by atoms with E-state index in [4.69, 9.17) is 4.74 Å². The van der Waals surface area contributed by atoms with Crippen LogP contribution in [-0.2, 0) is 15.1 Å². The molecule has 0 bridgehead atoms. The first-order valence-corrected chi connectivity index (χ1v) is 9.16. The molecule has 0 saturated heterocycles. The Morgan fingerprint density at radius 1 is 1.41 bits per heavy atom. The van der Waals surface area contributed by atoms with E-state index < -0.39 is 11.6 Å². The minimum absolute atomic E-state index is 0.0212. The number of carbonyl (C=O) groups is 1. The summed E-state index contributed by atoms with van der Waals surface area (Å²) in [7, 11) is 0. The molecule has 0 aromatic carbocycles. The molecule has 1 saturated carbocycles. The van der Waals surface area contributed by atoms with Gasteiger partial charge in [-0.2, -0.15) is 0 Å². The highest BCUT2D eigenvalue weighted by atomic mass is 32.1. The van der Waals surface area contributed by atoms with E-state index in [-0.39, 0.29) is 5.92 Å². The van der Waals surface area contributed by atoms with Crippen LogP contribution in [0.3, 0.4) is 0 Å². The number of thiophene rings is 1. The Morgan fingerprint density at radius 2 is 2.09 bits per heavy atom. The van der Waals surface area contributed by atoms with Crippen molar-refractivity contribution in [2.24, 2.45) is 5.92 Å². The van der Waals surface area contributed by atoms with E-state index in [1.165, 1.54) is 11.3 Å². The summed E-state index contributed by atoms with van der Waals surface area (Å²) in [6.07, 6.45) is 3.93. The van der Waals surface area contributed by atoms with Gasteiger partial charge in [0.2, 0.25) is 0 Å². The van der Waals surface area contributed by atoms with Crippen LogP contribution in [0.4, 0.5) is 0 Å². The van der Waals surface area contributed by atoms with E-state index in [1.54, 1.807) is 0 Å². The van der Waals surface area contributed by atoms with Gasteiger partial charge in [0, 0.05) is 17.3 Å². The molecule has 1 aliphatic carbocycles. The minimum Gasteiger partial charge on any atom is -0.462 e. The summed E-state index contributed by atoms with van der Waals surface area (Å²) in [5.74, 6) is -0.499. The number of nitrogens with zero attached hydrogens (tertiary/aromatic N) is 1. The Hall–Kier alpha value is -0.910. The van der Waals surface area contributed by atoms with Gasteiger partial charge in [-0.05, 0) is 37.4 Å². The zero-order chi connectivity index (χ0) is 16.0. The zero-order valence-electron chi connectivity index (χ0n) is 13.6. The third kappa shape index (κ3) is 3.70. The van der Waals surface area contributed by atoms with E-state index in [9.17, 15) is 9.90 Å². The van der Waals surface area contributed by atoms with Gasteiger partial charge in [0.25, 0.3) is 0 Å². The quantitative estimate of drug-likeness (QED) is 0.747. The summed E-state index contributed by atoms with van der Waals surface area (Å²) < 4.78 is 5.45. The Labute approximate surface area is 137 Å². The lowest BCUT2D eigenvalue weighted by Crippen LogP contribution is -2.43. The smallest absolute Gasteiger partial charge is 0.344 e. The van der Waals surface area contributed by atoms with Crippen molar-refractivity contribution in [2.75, 3.05) is 26.2 Å². The Balaban J connectivity index is 2.04. The molecule has 0 unspecified atom stereocenters. The summed E-state index contributed by atoms with van der Waals surface area (Å²) in [5, 5.41) is 13.0. The molecule has 2 rings (SSSR count). The lowest BCUT2D eigenvalue weighted by Gasteiger charge is -2.31. The molecule has 1 atom stereocenters. The fraction of sp³-hybridized carbons (Fsp3) is 0.706. The highest BCUT2D eigenvalue weighted by Gasteiger charge is 2.48. The number of hydrogen-bond acceptors (Lipinski definition) is 5. The van der Waals surface area contributed by atoms with Crippen LogP contribution in [0.25, 0.3) is 0 Å². The van der Waals surface area contributed by atoms with Gasteiger partial charge >= 0.3 is 5.97 Å². The molecule has 5 heteroatoms. The van der Waals surface area contributed by atoms with Crippen molar-refractivity contribution >= 4 is 17.3 Å². The number of rotatable bonds is 8. The van der Waals surface area contributed by atoms with Crippen LogP contribution in [0, 0.1) is 5.92 Å². The maximum absolute atomic E-state index is 12.6. The number of esters is 1. The molecule has 1 aromatic rings. The fourth-order valence-corrected chi connectivity index (χ4v) is 4.12. The van der Waals surface area contributed by atoms with E-state index >= 15 is 0 Å². The van der Waals surface area contributed by atoms with Gasteiger partial charge in [0.05, 0.1) is 0 Å². The number of hydrogen-bond donors (Lipinski definition) is 1. The van der Waals surface area contributed by atoms with Crippen LogP contribution in [-0.4, -0.2) is 42.2 Å². The third-order valence-corrected chi connectivity index (χ3v) is 5.68. The van der Waals surface area contributed by atoms with Crippen LogP contribution in [0.5, 0.6) is 0 Å². The zero-order valence-corrected chi connectivity index (χ0v) is 14.4. The number of carbonyl (C=O) groups excluding carboxylic acids is 1. The molecule has 1 aliphatic rings. The second kappa shape index (κ2) is 8.09. The van der Waals surface area contributed by atoms with Crippen molar-refractivity contribution in [3.05, 3.63) is 22.4 Å². The number of aliphatic hydroxyl groups is 1. The van der Waals surface area contributed by atoms with Crippen LogP contribution in [0.2, 0.25) is 0 Å². The predicted octanol–water partition coefficient (Wildman–Crippen LogP) is 3.01. The minimum atomic E-state index is -1.46.